The molecule has 2 N–H and O–H groups in total. The zero-order valence-corrected chi connectivity index (χ0v) is 18.8. The molecule has 0 saturated heterocycles. The Hall–Kier alpha value is -2.43. The van der Waals surface area contributed by atoms with E-state index < -0.39 is 6.61 Å². The Balaban J connectivity index is 0.00000300. The second-order valence-corrected chi connectivity index (χ2v) is 6.40. The highest BCUT2D eigenvalue weighted by Gasteiger charge is 2.11. The van der Waals surface area contributed by atoms with Gasteiger partial charge < -0.3 is 19.8 Å². The first-order valence-electron chi connectivity index (χ1n) is 8.88. The molecule has 0 aliphatic rings. The van der Waals surface area contributed by atoms with E-state index in [9.17, 15) is 8.78 Å². The fourth-order valence-electron chi connectivity index (χ4n) is 2.92. The minimum Gasteiger partial charge on any atom is -0.434 e. The average molecular weight is 515 g/mol. The third-order valence-corrected chi connectivity index (χ3v) is 4.28. The van der Waals surface area contributed by atoms with E-state index in [1.807, 2.05) is 48.7 Å². The van der Waals surface area contributed by atoms with Crippen molar-refractivity contribution in [2.24, 2.45) is 4.99 Å². The van der Waals surface area contributed by atoms with Gasteiger partial charge in [-0.15, -0.1) is 24.0 Å². The maximum absolute atomic E-state index is 12.6. The number of aliphatic imine (C=N–C) groups is 1. The summed E-state index contributed by atoms with van der Waals surface area (Å²) in [6.45, 7) is 1.83. The van der Waals surface area contributed by atoms with Crippen LogP contribution in [0.1, 0.15) is 22.5 Å². The molecule has 9 heteroatoms. The minimum absolute atomic E-state index is 0. The number of rotatable bonds is 6. The van der Waals surface area contributed by atoms with Gasteiger partial charge in [-0.2, -0.15) is 8.78 Å². The average Bonchev–Trinajstić information content (AvgIpc) is 3.08. The molecule has 0 saturated carbocycles. The molecule has 0 fully saturated rings. The summed E-state index contributed by atoms with van der Waals surface area (Å²) >= 11 is 0. The predicted octanol–water partition coefficient (Wildman–Crippen LogP) is 4.04. The fraction of sp³-hybridized carbons (Fsp3) is 0.300. The molecule has 6 nitrogen and oxygen atoms in total. The van der Waals surface area contributed by atoms with Crippen molar-refractivity contribution in [2.75, 3.05) is 7.05 Å². The summed E-state index contributed by atoms with van der Waals surface area (Å²) in [4.78, 5) is 8.74. The van der Waals surface area contributed by atoms with Crippen LogP contribution in [0.15, 0.2) is 47.6 Å². The molecule has 0 aliphatic carbocycles. The van der Waals surface area contributed by atoms with Gasteiger partial charge in [-0.05, 0) is 32.0 Å². The van der Waals surface area contributed by atoms with Crippen LogP contribution in [0.3, 0.4) is 0 Å². The standard InChI is InChI=1S/C20H23F2N5O.HI/c1-13-7-8-17(28-19(21)22)15(9-13)10-24-20(23-3)25-11-16-12-27-14(2)5-4-6-18(27)26-16;/h4-9,12,19H,10-11H2,1-3H3,(H2,23,24,25);1H. The third kappa shape index (κ3) is 6.02. The Bertz CT molecular complexity index is 990. The Morgan fingerprint density at radius 2 is 1.93 bits per heavy atom. The van der Waals surface area contributed by atoms with Crippen molar-refractivity contribution in [2.45, 2.75) is 33.5 Å². The van der Waals surface area contributed by atoms with Crippen LogP contribution in [-0.4, -0.2) is 29.0 Å². The summed E-state index contributed by atoms with van der Waals surface area (Å²) in [6.07, 6.45) is 1.97. The van der Waals surface area contributed by atoms with Gasteiger partial charge in [-0.1, -0.05) is 23.8 Å². The normalized spacial score (nSPS) is 11.4. The van der Waals surface area contributed by atoms with E-state index in [2.05, 4.69) is 25.3 Å². The molecule has 2 aromatic heterocycles. The molecular formula is C20H24F2IN5O. The van der Waals surface area contributed by atoms with E-state index in [-0.39, 0.29) is 29.7 Å². The highest BCUT2D eigenvalue weighted by atomic mass is 127. The first-order valence-corrected chi connectivity index (χ1v) is 8.88. The molecule has 156 valence electrons. The summed E-state index contributed by atoms with van der Waals surface area (Å²) < 4.78 is 31.8. The topological polar surface area (TPSA) is 63.0 Å². The number of pyridine rings is 1. The maximum atomic E-state index is 12.6. The number of hydrogen-bond acceptors (Lipinski definition) is 3. The molecule has 2 heterocycles. The van der Waals surface area contributed by atoms with Crippen molar-refractivity contribution in [1.29, 1.82) is 0 Å². The lowest BCUT2D eigenvalue weighted by Gasteiger charge is -2.14. The van der Waals surface area contributed by atoms with Crippen LogP contribution < -0.4 is 15.4 Å². The molecule has 0 unspecified atom stereocenters. The SMILES string of the molecule is CN=C(NCc1cn2c(C)cccc2n1)NCc1cc(C)ccc1OC(F)F.I. The number of aryl methyl sites for hydroxylation is 2. The minimum atomic E-state index is -2.86. The molecule has 29 heavy (non-hydrogen) atoms. The molecule has 0 bridgehead atoms. The lowest BCUT2D eigenvalue weighted by Crippen LogP contribution is -2.36. The maximum Gasteiger partial charge on any atom is 0.387 e. The molecule has 3 rings (SSSR count). The van der Waals surface area contributed by atoms with Crippen LogP contribution in [0, 0.1) is 13.8 Å². The van der Waals surface area contributed by atoms with Gasteiger partial charge in [0.1, 0.15) is 11.4 Å². The molecule has 0 amide bonds. The number of aromatic nitrogens is 2. The van der Waals surface area contributed by atoms with Crippen LogP contribution in [-0.2, 0) is 13.1 Å². The smallest absolute Gasteiger partial charge is 0.387 e. The van der Waals surface area contributed by atoms with E-state index >= 15 is 0 Å². The molecule has 0 spiro atoms. The number of imidazole rings is 1. The highest BCUT2D eigenvalue weighted by molar-refractivity contribution is 14.0. The summed E-state index contributed by atoms with van der Waals surface area (Å²) in [5.74, 6) is 0.692. The largest absolute Gasteiger partial charge is 0.434 e. The number of nitrogens with one attached hydrogen (secondary N) is 2. The van der Waals surface area contributed by atoms with Crippen molar-refractivity contribution in [3.05, 3.63) is 65.1 Å². The molecule has 1 aromatic carbocycles. The number of benzene rings is 1. The fourth-order valence-corrected chi connectivity index (χ4v) is 2.92. The van der Waals surface area contributed by atoms with Gasteiger partial charge in [0, 0.05) is 31.0 Å². The molecule has 0 radical (unpaired) electrons. The highest BCUT2D eigenvalue weighted by Crippen LogP contribution is 2.22. The Morgan fingerprint density at radius 3 is 2.62 bits per heavy atom. The van der Waals surface area contributed by atoms with E-state index in [1.54, 1.807) is 19.2 Å². The zero-order chi connectivity index (χ0) is 20.1. The number of ether oxygens (including phenoxy) is 1. The molecule has 3 aromatic rings. The number of hydrogen-bond donors (Lipinski definition) is 2. The van der Waals surface area contributed by atoms with Gasteiger partial charge in [-0.25, -0.2) is 4.98 Å². The summed E-state index contributed by atoms with van der Waals surface area (Å²) in [6, 6.07) is 11.0. The Labute approximate surface area is 185 Å². The lowest BCUT2D eigenvalue weighted by molar-refractivity contribution is -0.0504. The number of halogens is 3. The summed E-state index contributed by atoms with van der Waals surface area (Å²) in [5, 5.41) is 6.31. The van der Waals surface area contributed by atoms with Gasteiger partial charge in [0.2, 0.25) is 0 Å². The van der Waals surface area contributed by atoms with Crippen molar-refractivity contribution < 1.29 is 13.5 Å². The van der Waals surface area contributed by atoms with E-state index in [0.717, 1.165) is 22.6 Å². The van der Waals surface area contributed by atoms with Crippen LogP contribution in [0.5, 0.6) is 5.75 Å². The van der Waals surface area contributed by atoms with Gasteiger partial charge >= 0.3 is 6.61 Å². The van der Waals surface area contributed by atoms with Gasteiger partial charge in [0.25, 0.3) is 0 Å². The molecular weight excluding hydrogens is 491 g/mol. The second-order valence-electron chi connectivity index (χ2n) is 6.40. The molecule has 0 atom stereocenters. The van der Waals surface area contributed by atoms with Crippen molar-refractivity contribution in [3.63, 3.8) is 0 Å². The quantitative estimate of drug-likeness (QED) is 0.296. The monoisotopic (exact) mass is 515 g/mol. The Kier molecular flexibility index (Phi) is 8.18. The van der Waals surface area contributed by atoms with Gasteiger partial charge in [-0.3, -0.25) is 4.99 Å². The number of fused-ring (bicyclic) bond motifs is 1. The van der Waals surface area contributed by atoms with Crippen LogP contribution in [0.2, 0.25) is 0 Å². The third-order valence-electron chi connectivity index (χ3n) is 4.28. The van der Waals surface area contributed by atoms with Crippen molar-refractivity contribution in [1.82, 2.24) is 20.0 Å². The van der Waals surface area contributed by atoms with E-state index in [1.165, 1.54) is 0 Å². The predicted molar refractivity (Wildman–Crippen MR) is 120 cm³/mol. The van der Waals surface area contributed by atoms with E-state index in [4.69, 9.17) is 0 Å². The van der Waals surface area contributed by atoms with E-state index in [0.29, 0.717) is 24.6 Å². The number of alkyl halides is 2. The summed E-state index contributed by atoms with van der Waals surface area (Å²) in [7, 11) is 1.65. The molecule has 0 aliphatic heterocycles. The second kappa shape index (κ2) is 10.4. The van der Waals surface area contributed by atoms with Crippen LogP contribution in [0.25, 0.3) is 5.65 Å². The lowest BCUT2D eigenvalue weighted by atomic mass is 10.1. The van der Waals surface area contributed by atoms with Crippen LogP contribution in [0.4, 0.5) is 8.78 Å². The van der Waals surface area contributed by atoms with Crippen LogP contribution >= 0.6 is 24.0 Å². The Morgan fingerprint density at radius 1 is 1.17 bits per heavy atom. The first-order chi connectivity index (χ1) is 13.5. The summed E-state index contributed by atoms with van der Waals surface area (Å²) in [5.41, 5.74) is 4.45. The van der Waals surface area contributed by atoms with Gasteiger partial charge in [0.05, 0.1) is 12.2 Å². The van der Waals surface area contributed by atoms with Crippen molar-refractivity contribution >= 4 is 35.6 Å². The number of nitrogens with zero attached hydrogens (tertiary/aromatic N) is 3. The van der Waals surface area contributed by atoms with Crippen molar-refractivity contribution in [3.8, 4) is 5.75 Å². The first kappa shape index (κ1) is 22.9. The number of guanidine groups is 1. The zero-order valence-electron chi connectivity index (χ0n) is 16.4. The van der Waals surface area contributed by atoms with Gasteiger partial charge in [0.15, 0.2) is 5.96 Å².